The minimum absolute atomic E-state index is 0.202. The topological polar surface area (TPSA) is 87.5 Å². The van der Waals surface area contributed by atoms with Gasteiger partial charge in [-0.15, -0.1) is 0 Å². The molecule has 25 heavy (non-hydrogen) atoms. The van der Waals surface area contributed by atoms with Crippen molar-refractivity contribution in [2.45, 2.75) is 17.9 Å². The molecule has 2 aromatic rings. The van der Waals surface area contributed by atoms with Crippen molar-refractivity contribution in [3.05, 3.63) is 54.1 Å². The van der Waals surface area contributed by atoms with E-state index in [0.29, 0.717) is 17.9 Å². The SMILES string of the molecule is CNS(=O)(=O)c1ccc(N)c(NCCCN(C)Cc2ccccc2)c1. The third kappa shape index (κ3) is 5.74. The zero-order chi connectivity index (χ0) is 18.3. The van der Waals surface area contributed by atoms with Crippen molar-refractivity contribution in [1.29, 1.82) is 0 Å². The Morgan fingerprint density at radius 3 is 2.52 bits per heavy atom. The van der Waals surface area contributed by atoms with Crippen LogP contribution in [-0.4, -0.2) is 40.5 Å². The smallest absolute Gasteiger partial charge is 0.240 e. The summed E-state index contributed by atoms with van der Waals surface area (Å²) in [5, 5.41) is 3.22. The van der Waals surface area contributed by atoms with E-state index in [1.165, 1.54) is 18.7 Å². The zero-order valence-corrected chi connectivity index (χ0v) is 15.5. The second kappa shape index (κ2) is 8.84. The van der Waals surface area contributed by atoms with Crippen LogP contribution in [0.4, 0.5) is 11.4 Å². The number of rotatable bonds is 9. The second-order valence-corrected chi connectivity index (χ2v) is 7.85. The summed E-state index contributed by atoms with van der Waals surface area (Å²) in [6, 6.07) is 15.0. The second-order valence-electron chi connectivity index (χ2n) is 5.96. The van der Waals surface area contributed by atoms with Crippen LogP contribution in [0.25, 0.3) is 0 Å². The van der Waals surface area contributed by atoms with Gasteiger partial charge in [0.25, 0.3) is 0 Å². The molecule has 2 rings (SSSR count). The van der Waals surface area contributed by atoms with Gasteiger partial charge in [-0.05, 0) is 50.8 Å². The fourth-order valence-corrected chi connectivity index (χ4v) is 3.28. The van der Waals surface area contributed by atoms with E-state index in [2.05, 4.69) is 34.1 Å². The van der Waals surface area contributed by atoms with Crippen molar-refractivity contribution in [2.24, 2.45) is 0 Å². The molecule has 0 saturated heterocycles. The standard InChI is InChI=1S/C18H26N4O2S/c1-20-25(23,24)16-9-10-17(19)18(13-16)21-11-6-12-22(2)14-15-7-4-3-5-8-15/h3-5,7-10,13,20-21H,6,11-12,14,19H2,1-2H3. The van der Waals surface area contributed by atoms with E-state index < -0.39 is 10.0 Å². The molecule has 7 heteroatoms. The van der Waals surface area contributed by atoms with Crippen LogP contribution in [0, 0.1) is 0 Å². The molecule has 0 aliphatic heterocycles. The number of nitrogens with one attached hydrogen (secondary N) is 2. The molecule has 136 valence electrons. The lowest BCUT2D eigenvalue weighted by atomic mass is 10.2. The molecular weight excluding hydrogens is 336 g/mol. The quantitative estimate of drug-likeness (QED) is 0.470. The molecule has 0 saturated carbocycles. The number of hydrogen-bond acceptors (Lipinski definition) is 5. The van der Waals surface area contributed by atoms with Crippen LogP contribution in [0.5, 0.6) is 0 Å². The van der Waals surface area contributed by atoms with E-state index in [4.69, 9.17) is 5.73 Å². The Kier molecular flexibility index (Phi) is 6.81. The molecule has 0 aromatic heterocycles. The molecule has 0 radical (unpaired) electrons. The Balaban J connectivity index is 1.84. The van der Waals surface area contributed by atoms with Crippen molar-refractivity contribution in [3.63, 3.8) is 0 Å². The van der Waals surface area contributed by atoms with Crippen LogP contribution in [0.15, 0.2) is 53.4 Å². The number of benzene rings is 2. The summed E-state index contributed by atoms with van der Waals surface area (Å²) in [5.41, 5.74) is 8.39. The van der Waals surface area contributed by atoms with Gasteiger partial charge in [-0.2, -0.15) is 0 Å². The molecular formula is C18H26N4O2S. The van der Waals surface area contributed by atoms with Gasteiger partial charge in [0.15, 0.2) is 0 Å². The molecule has 4 N–H and O–H groups in total. The van der Waals surface area contributed by atoms with Crippen LogP contribution >= 0.6 is 0 Å². The van der Waals surface area contributed by atoms with Gasteiger partial charge in [-0.1, -0.05) is 30.3 Å². The number of nitrogen functional groups attached to an aromatic ring is 1. The lowest BCUT2D eigenvalue weighted by molar-refractivity contribution is 0.325. The van der Waals surface area contributed by atoms with E-state index in [9.17, 15) is 8.42 Å². The summed E-state index contributed by atoms with van der Waals surface area (Å²) in [6.45, 7) is 2.54. The van der Waals surface area contributed by atoms with E-state index in [1.807, 2.05) is 18.2 Å². The van der Waals surface area contributed by atoms with E-state index in [0.717, 1.165) is 19.5 Å². The van der Waals surface area contributed by atoms with Crippen molar-refractivity contribution < 1.29 is 8.42 Å². The van der Waals surface area contributed by atoms with Gasteiger partial charge in [0.1, 0.15) is 0 Å². The summed E-state index contributed by atoms with van der Waals surface area (Å²) in [7, 11) is 0.00517. The molecule has 0 atom stereocenters. The highest BCUT2D eigenvalue weighted by Crippen LogP contribution is 2.22. The van der Waals surface area contributed by atoms with Gasteiger partial charge in [0.05, 0.1) is 16.3 Å². The number of nitrogens with zero attached hydrogens (tertiary/aromatic N) is 1. The molecule has 0 aliphatic rings. The third-order valence-corrected chi connectivity index (χ3v) is 5.34. The molecule has 0 aliphatic carbocycles. The third-order valence-electron chi connectivity index (χ3n) is 3.93. The van der Waals surface area contributed by atoms with Crippen molar-refractivity contribution in [3.8, 4) is 0 Å². The Morgan fingerprint density at radius 2 is 1.84 bits per heavy atom. The maximum atomic E-state index is 11.9. The maximum Gasteiger partial charge on any atom is 0.240 e. The highest BCUT2D eigenvalue weighted by Gasteiger charge is 2.13. The molecule has 0 unspecified atom stereocenters. The lowest BCUT2D eigenvalue weighted by Gasteiger charge is -2.17. The monoisotopic (exact) mass is 362 g/mol. The van der Waals surface area contributed by atoms with E-state index >= 15 is 0 Å². The van der Waals surface area contributed by atoms with Crippen LogP contribution < -0.4 is 15.8 Å². The summed E-state index contributed by atoms with van der Waals surface area (Å²) in [5.74, 6) is 0. The molecule has 0 heterocycles. The normalized spacial score (nSPS) is 11.6. The fourth-order valence-electron chi connectivity index (χ4n) is 2.52. The number of nitrogens with two attached hydrogens (primary N) is 1. The van der Waals surface area contributed by atoms with Crippen LogP contribution in [0.3, 0.4) is 0 Å². The first-order valence-corrected chi connectivity index (χ1v) is 9.70. The minimum Gasteiger partial charge on any atom is -0.397 e. The summed E-state index contributed by atoms with van der Waals surface area (Å²) in [6.07, 6.45) is 0.922. The molecule has 0 bridgehead atoms. The number of anilines is 2. The van der Waals surface area contributed by atoms with Gasteiger partial charge in [0.2, 0.25) is 10.0 Å². The van der Waals surface area contributed by atoms with Gasteiger partial charge in [-0.25, -0.2) is 13.1 Å². The highest BCUT2D eigenvalue weighted by molar-refractivity contribution is 7.89. The average molecular weight is 362 g/mol. The molecule has 0 fully saturated rings. The minimum atomic E-state index is -3.47. The Labute approximate surface area is 150 Å². The van der Waals surface area contributed by atoms with Gasteiger partial charge in [-0.3, -0.25) is 0 Å². The first-order valence-electron chi connectivity index (χ1n) is 8.22. The van der Waals surface area contributed by atoms with Gasteiger partial charge in [0, 0.05) is 13.1 Å². The van der Waals surface area contributed by atoms with Crippen molar-refractivity contribution >= 4 is 21.4 Å². The predicted octanol–water partition coefficient (Wildman–Crippen LogP) is 2.11. The van der Waals surface area contributed by atoms with E-state index in [-0.39, 0.29) is 4.90 Å². The molecule has 2 aromatic carbocycles. The average Bonchev–Trinajstić information content (AvgIpc) is 2.60. The Hall–Kier alpha value is -2.09. The predicted molar refractivity (Wildman–Crippen MR) is 103 cm³/mol. The Morgan fingerprint density at radius 1 is 1.12 bits per heavy atom. The largest absolute Gasteiger partial charge is 0.397 e. The Bertz CT molecular complexity index is 779. The maximum absolute atomic E-state index is 11.9. The first-order chi connectivity index (χ1) is 11.9. The number of sulfonamides is 1. The number of hydrogen-bond donors (Lipinski definition) is 3. The molecule has 0 spiro atoms. The molecule has 6 nitrogen and oxygen atoms in total. The fraction of sp³-hybridized carbons (Fsp3) is 0.333. The van der Waals surface area contributed by atoms with Crippen LogP contribution in [0.1, 0.15) is 12.0 Å². The van der Waals surface area contributed by atoms with E-state index in [1.54, 1.807) is 12.1 Å². The zero-order valence-electron chi connectivity index (χ0n) is 14.7. The lowest BCUT2D eigenvalue weighted by Crippen LogP contribution is -2.21. The summed E-state index contributed by atoms with van der Waals surface area (Å²) >= 11 is 0. The first kappa shape index (κ1) is 19.2. The summed E-state index contributed by atoms with van der Waals surface area (Å²) < 4.78 is 26.0. The molecule has 0 amide bonds. The van der Waals surface area contributed by atoms with Crippen LogP contribution in [0.2, 0.25) is 0 Å². The van der Waals surface area contributed by atoms with Crippen molar-refractivity contribution in [1.82, 2.24) is 9.62 Å². The van der Waals surface area contributed by atoms with Crippen molar-refractivity contribution in [2.75, 3.05) is 38.2 Å². The van der Waals surface area contributed by atoms with Gasteiger partial charge < -0.3 is 16.0 Å². The van der Waals surface area contributed by atoms with Gasteiger partial charge >= 0.3 is 0 Å². The highest BCUT2D eigenvalue weighted by atomic mass is 32.2. The summed E-state index contributed by atoms with van der Waals surface area (Å²) in [4.78, 5) is 2.45. The van der Waals surface area contributed by atoms with Crippen LogP contribution in [-0.2, 0) is 16.6 Å².